The molecular weight excluding hydrogens is 370 g/mol. The average molecular weight is 408 g/mol. The summed E-state index contributed by atoms with van der Waals surface area (Å²) in [4.78, 5) is 19.9. The number of anilines is 2. The highest BCUT2D eigenvalue weighted by molar-refractivity contribution is 5.98. The monoisotopic (exact) mass is 407 g/mol. The number of hydrogen-bond donors (Lipinski definition) is 1. The van der Waals surface area contributed by atoms with Crippen molar-refractivity contribution in [1.82, 2.24) is 4.98 Å². The summed E-state index contributed by atoms with van der Waals surface area (Å²) >= 11 is 0. The Morgan fingerprint density at radius 3 is 2.63 bits per heavy atom. The van der Waals surface area contributed by atoms with E-state index in [9.17, 15) is 4.79 Å². The molecule has 4 heteroatoms. The average Bonchev–Trinajstić information content (AvgIpc) is 2.94. The fourth-order valence-electron chi connectivity index (χ4n) is 4.22. The number of carbonyl (C=O) groups is 1. The van der Waals surface area contributed by atoms with Crippen molar-refractivity contribution in [2.45, 2.75) is 66.7 Å². The number of nitrogens with one attached hydrogen (secondary N) is 1. The van der Waals surface area contributed by atoms with Crippen molar-refractivity contribution in [3.8, 4) is 11.1 Å². The smallest absolute Gasteiger partial charge is 0.229 e. The van der Waals surface area contributed by atoms with Crippen LogP contribution in [0.2, 0.25) is 0 Å². The first kappa shape index (κ1) is 22.3. The van der Waals surface area contributed by atoms with E-state index in [1.165, 1.54) is 37.7 Å². The Bertz CT molecular complexity index is 869. The van der Waals surface area contributed by atoms with Gasteiger partial charge in [0.25, 0.3) is 0 Å². The van der Waals surface area contributed by atoms with Gasteiger partial charge in [-0.3, -0.25) is 4.79 Å². The third-order valence-electron chi connectivity index (χ3n) is 6.12. The van der Waals surface area contributed by atoms with Crippen molar-refractivity contribution in [2.24, 2.45) is 11.3 Å². The maximum atomic E-state index is 12.7. The molecule has 1 aliphatic heterocycles. The van der Waals surface area contributed by atoms with Crippen molar-refractivity contribution in [1.29, 1.82) is 0 Å². The second-order valence-corrected chi connectivity index (χ2v) is 9.68. The predicted molar refractivity (Wildman–Crippen MR) is 127 cm³/mol. The van der Waals surface area contributed by atoms with Gasteiger partial charge in [-0.2, -0.15) is 0 Å². The number of hydrogen-bond acceptors (Lipinski definition) is 3. The number of amides is 1. The molecule has 1 fully saturated rings. The second-order valence-electron chi connectivity index (χ2n) is 9.68. The van der Waals surface area contributed by atoms with E-state index in [2.05, 4.69) is 54.4 Å². The number of pyridine rings is 1. The molecule has 1 N–H and O–H groups in total. The standard InChI is InChI=1S/C26H37N3O/c1-6-10-20-12-9-15-29(16-14-20)24-17-22(21-13-8-7-11-19(21)2)23(18-27-24)28-25(30)26(3,4)5/h7-8,11,13,17-18,20H,6,9-10,12,14-16H2,1-5H3,(H,28,30). The highest BCUT2D eigenvalue weighted by Crippen LogP contribution is 2.34. The SMILES string of the molecule is CCCC1CCCN(c2cc(-c3ccccc3C)c(NC(=O)C(C)(C)C)cn2)CC1. The predicted octanol–water partition coefficient (Wildman–Crippen LogP) is 6.45. The van der Waals surface area contributed by atoms with Crippen molar-refractivity contribution >= 4 is 17.4 Å². The van der Waals surface area contributed by atoms with Crippen LogP contribution in [0.5, 0.6) is 0 Å². The van der Waals surface area contributed by atoms with Crippen LogP contribution in [-0.2, 0) is 4.79 Å². The molecule has 1 atom stereocenters. The molecule has 3 rings (SSSR count). The summed E-state index contributed by atoms with van der Waals surface area (Å²) in [5.74, 6) is 1.85. The van der Waals surface area contributed by atoms with Crippen molar-refractivity contribution in [2.75, 3.05) is 23.3 Å². The Hall–Kier alpha value is -2.36. The maximum absolute atomic E-state index is 12.7. The highest BCUT2D eigenvalue weighted by atomic mass is 16.2. The number of rotatable bonds is 5. The van der Waals surface area contributed by atoms with Crippen LogP contribution < -0.4 is 10.2 Å². The molecule has 0 saturated carbocycles. The van der Waals surface area contributed by atoms with Gasteiger partial charge >= 0.3 is 0 Å². The molecule has 30 heavy (non-hydrogen) atoms. The molecule has 0 spiro atoms. The summed E-state index contributed by atoms with van der Waals surface area (Å²) in [7, 11) is 0. The van der Waals surface area contributed by atoms with Crippen molar-refractivity contribution < 1.29 is 4.79 Å². The minimum absolute atomic E-state index is 0.00376. The zero-order chi connectivity index (χ0) is 21.7. The van der Waals surface area contributed by atoms with E-state index in [-0.39, 0.29) is 5.91 Å². The lowest BCUT2D eigenvalue weighted by atomic mass is 9.94. The van der Waals surface area contributed by atoms with Gasteiger partial charge in [-0.15, -0.1) is 0 Å². The van der Waals surface area contributed by atoms with E-state index in [0.717, 1.165) is 41.6 Å². The molecule has 1 unspecified atom stereocenters. The van der Waals surface area contributed by atoms with Crippen LogP contribution in [0.4, 0.5) is 11.5 Å². The topological polar surface area (TPSA) is 45.2 Å². The zero-order valence-corrected chi connectivity index (χ0v) is 19.3. The summed E-state index contributed by atoms with van der Waals surface area (Å²) in [6, 6.07) is 10.5. The van der Waals surface area contributed by atoms with Crippen LogP contribution in [-0.4, -0.2) is 24.0 Å². The van der Waals surface area contributed by atoms with Gasteiger partial charge in [0.2, 0.25) is 5.91 Å². The number of aromatic nitrogens is 1. The Morgan fingerprint density at radius 1 is 1.17 bits per heavy atom. The Morgan fingerprint density at radius 2 is 1.93 bits per heavy atom. The van der Waals surface area contributed by atoms with Crippen LogP contribution in [0.3, 0.4) is 0 Å². The lowest BCUT2D eigenvalue weighted by Gasteiger charge is -2.25. The molecule has 0 radical (unpaired) electrons. The van der Waals surface area contributed by atoms with E-state index in [4.69, 9.17) is 4.98 Å². The maximum Gasteiger partial charge on any atom is 0.229 e. The van der Waals surface area contributed by atoms with E-state index in [1.807, 2.05) is 27.0 Å². The third-order valence-corrected chi connectivity index (χ3v) is 6.12. The van der Waals surface area contributed by atoms with Gasteiger partial charge in [-0.05, 0) is 49.3 Å². The lowest BCUT2D eigenvalue weighted by Crippen LogP contribution is -2.28. The van der Waals surface area contributed by atoms with E-state index in [0.29, 0.717) is 0 Å². The molecule has 1 saturated heterocycles. The van der Waals surface area contributed by atoms with Gasteiger partial charge in [0.15, 0.2) is 0 Å². The molecule has 1 aromatic heterocycles. The van der Waals surface area contributed by atoms with Gasteiger partial charge in [-0.1, -0.05) is 64.8 Å². The fraction of sp³-hybridized carbons (Fsp3) is 0.538. The zero-order valence-electron chi connectivity index (χ0n) is 19.3. The van der Waals surface area contributed by atoms with Crippen LogP contribution in [0.25, 0.3) is 11.1 Å². The summed E-state index contributed by atoms with van der Waals surface area (Å²) in [6.45, 7) is 12.3. The minimum atomic E-state index is -0.458. The van der Waals surface area contributed by atoms with Gasteiger partial charge in [0.1, 0.15) is 5.82 Å². The summed E-state index contributed by atoms with van der Waals surface area (Å²) in [6.07, 6.45) is 8.20. The second kappa shape index (κ2) is 9.63. The molecule has 0 bridgehead atoms. The third kappa shape index (κ3) is 5.41. The first-order valence-corrected chi connectivity index (χ1v) is 11.4. The van der Waals surface area contributed by atoms with Gasteiger partial charge < -0.3 is 10.2 Å². The summed E-state index contributed by atoms with van der Waals surface area (Å²) in [5, 5.41) is 3.12. The number of carbonyl (C=O) groups excluding carboxylic acids is 1. The summed E-state index contributed by atoms with van der Waals surface area (Å²) < 4.78 is 0. The van der Waals surface area contributed by atoms with Gasteiger partial charge in [-0.25, -0.2) is 4.98 Å². The molecular formula is C26H37N3O. The normalized spacial score (nSPS) is 17.5. The molecule has 2 aromatic rings. The number of aryl methyl sites for hydroxylation is 1. The van der Waals surface area contributed by atoms with Crippen LogP contribution >= 0.6 is 0 Å². The van der Waals surface area contributed by atoms with Crippen LogP contribution in [0.1, 0.15) is 65.4 Å². The van der Waals surface area contributed by atoms with E-state index >= 15 is 0 Å². The van der Waals surface area contributed by atoms with Gasteiger partial charge in [0.05, 0.1) is 11.9 Å². The summed E-state index contributed by atoms with van der Waals surface area (Å²) in [5.41, 5.74) is 3.71. The molecule has 1 aromatic carbocycles. The molecule has 2 heterocycles. The van der Waals surface area contributed by atoms with E-state index in [1.54, 1.807) is 0 Å². The van der Waals surface area contributed by atoms with Crippen molar-refractivity contribution in [3.05, 3.63) is 42.1 Å². The quantitative estimate of drug-likeness (QED) is 0.619. The Labute approximate surface area is 182 Å². The number of benzene rings is 1. The Balaban J connectivity index is 1.94. The molecule has 1 amide bonds. The van der Waals surface area contributed by atoms with E-state index < -0.39 is 5.41 Å². The largest absolute Gasteiger partial charge is 0.357 e. The number of nitrogens with zero attached hydrogens (tertiary/aromatic N) is 2. The fourth-order valence-corrected chi connectivity index (χ4v) is 4.22. The van der Waals surface area contributed by atoms with Crippen molar-refractivity contribution in [3.63, 3.8) is 0 Å². The van der Waals surface area contributed by atoms with Gasteiger partial charge in [0, 0.05) is 24.1 Å². The Kier molecular flexibility index (Phi) is 7.17. The molecule has 162 valence electrons. The molecule has 4 nitrogen and oxygen atoms in total. The van der Waals surface area contributed by atoms with Crippen LogP contribution in [0, 0.1) is 18.3 Å². The van der Waals surface area contributed by atoms with Crippen LogP contribution in [0.15, 0.2) is 36.5 Å². The first-order valence-electron chi connectivity index (χ1n) is 11.4. The minimum Gasteiger partial charge on any atom is -0.357 e. The lowest BCUT2D eigenvalue weighted by molar-refractivity contribution is -0.123. The molecule has 0 aliphatic carbocycles. The highest BCUT2D eigenvalue weighted by Gasteiger charge is 2.24. The molecule has 1 aliphatic rings. The first-order chi connectivity index (χ1) is 14.3.